The molecule has 4 saturated heterocycles. The summed E-state index contributed by atoms with van der Waals surface area (Å²) in [6, 6.07) is 0. The summed E-state index contributed by atoms with van der Waals surface area (Å²) in [6.45, 7) is 22.8. The molecule has 2 N–H and O–H groups in total. The number of Topliss-reactive ketones (excluding diaryl/α,β-unsaturated/α-hetero) is 1. The first-order valence-corrected chi connectivity index (χ1v) is 22.5. The van der Waals surface area contributed by atoms with E-state index in [4.69, 9.17) is 28.4 Å². The van der Waals surface area contributed by atoms with E-state index in [0.29, 0.717) is 44.4 Å². The van der Waals surface area contributed by atoms with Crippen LogP contribution in [0.2, 0.25) is 0 Å². The number of carbonyl (C=O) groups is 2. The number of rotatable bonds is 14. The zero-order valence-electron chi connectivity index (χ0n) is 37.6. The molecule has 5 aliphatic rings. The molecule has 0 unspecified atom stereocenters. The van der Waals surface area contributed by atoms with Gasteiger partial charge in [0.25, 0.3) is 0 Å². The van der Waals surface area contributed by atoms with Crippen LogP contribution in [-0.2, 0) is 38.0 Å². The van der Waals surface area contributed by atoms with E-state index in [1.807, 2.05) is 53.7 Å². The van der Waals surface area contributed by atoms with Crippen molar-refractivity contribution in [1.29, 1.82) is 0 Å². The molecular weight excluding hydrogens is 727 g/mol. The van der Waals surface area contributed by atoms with Crippen molar-refractivity contribution in [2.24, 2.45) is 41.4 Å². The molecule has 5 heterocycles. The normalized spacial score (nSPS) is 43.8. The zero-order chi connectivity index (χ0) is 42.2. The predicted molar refractivity (Wildman–Crippen MR) is 219 cm³/mol. The maximum atomic E-state index is 14.6. The molecule has 0 aromatic heterocycles. The number of hydrogen-bond acceptors (Lipinski definition) is 11. The van der Waals surface area contributed by atoms with Crippen LogP contribution in [0, 0.1) is 41.4 Å². The van der Waals surface area contributed by atoms with Crippen molar-refractivity contribution < 1.29 is 48.2 Å². The maximum Gasteiger partial charge on any atom is 0.303 e. The molecule has 0 aliphatic carbocycles. The van der Waals surface area contributed by atoms with E-state index in [-0.39, 0.29) is 53.9 Å². The summed E-state index contributed by atoms with van der Waals surface area (Å²) in [6.07, 6.45) is 8.07. The van der Waals surface area contributed by atoms with Gasteiger partial charge in [-0.15, -0.1) is 0 Å². The molecule has 5 aliphatic heterocycles. The van der Waals surface area contributed by atoms with E-state index in [1.165, 1.54) is 6.92 Å². The molecule has 57 heavy (non-hydrogen) atoms. The molecule has 5 rings (SSSR count). The lowest BCUT2D eigenvalue weighted by Crippen LogP contribution is -2.63. The Kier molecular flexibility index (Phi) is 14.9. The SMILES string of the molecule is CC[C@@H](CN(C)C)[C@H]1CC[C@H](C)[C@H]([C@@H](C)[C@H](O)[C@H](C)C(=O)[C@H](CC)[C@H]2O[C@]3(C=C[C@@H](OC(C)=O)[C@]4(CC[C@@](C)([C@H]5CC[C@](O)(CC)[C@H](C)O5)O4)O3)[C@H](C)C[C@@H]2C)O1. The second kappa shape index (κ2) is 18.3. The molecular formula is C46H79NO10. The van der Waals surface area contributed by atoms with Crippen LogP contribution in [0.25, 0.3) is 0 Å². The summed E-state index contributed by atoms with van der Waals surface area (Å²) in [5, 5.41) is 23.1. The highest BCUT2D eigenvalue weighted by Crippen LogP contribution is 2.54. The van der Waals surface area contributed by atoms with Gasteiger partial charge in [-0.1, -0.05) is 55.4 Å². The van der Waals surface area contributed by atoms with Crippen LogP contribution in [0.1, 0.15) is 140 Å². The van der Waals surface area contributed by atoms with E-state index >= 15 is 0 Å². The molecule has 0 saturated carbocycles. The first kappa shape index (κ1) is 46.6. The van der Waals surface area contributed by atoms with Gasteiger partial charge >= 0.3 is 5.97 Å². The van der Waals surface area contributed by atoms with Crippen molar-refractivity contribution in [2.45, 2.75) is 206 Å². The number of aliphatic hydroxyl groups is 2. The number of ketones is 1. The molecule has 0 aromatic carbocycles. The molecule has 4 fully saturated rings. The van der Waals surface area contributed by atoms with Crippen molar-refractivity contribution >= 4 is 11.8 Å². The van der Waals surface area contributed by atoms with Crippen molar-refractivity contribution in [3.63, 3.8) is 0 Å². The Morgan fingerprint density at radius 3 is 2.23 bits per heavy atom. The van der Waals surface area contributed by atoms with Gasteiger partial charge in [0, 0.05) is 43.6 Å². The third-order valence-electron chi connectivity index (χ3n) is 15.2. The number of hydrogen-bond donors (Lipinski definition) is 2. The highest BCUT2D eigenvalue weighted by atomic mass is 16.8. The Labute approximate surface area is 344 Å². The van der Waals surface area contributed by atoms with Crippen LogP contribution in [-0.4, -0.2) is 113 Å². The Balaban J connectivity index is 1.35. The Bertz CT molecular complexity index is 1410. The fraction of sp³-hybridized carbons (Fsp3) is 0.913. The molecule has 0 bridgehead atoms. The molecule has 18 atom stereocenters. The van der Waals surface area contributed by atoms with Gasteiger partial charge < -0.3 is 43.5 Å². The van der Waals surface area contributed by atoms with Crippen LogP contribution >= 0.6 is 0 Å². The Morgan fingerprint density at radius 1 is 0.930 bits per heavy atom. The van der Waals surface area contributed by atoms with Gasteiger partial charge in [0.05, 0.1) is 47.8 Å². The van der Waals surface area contributed by atoms with Crippen molar-refractivity contribution in [3.05, 3.63) is 12.2 Å². The molecule has 11 heteroatoms. The zero-order valence-corrected chi connectivity index (χ0v) is 37.6. The number of ether oxygens (including phenoxy) is 6. The first-order valence-electron chi connectivity index (χ1n) is 22.5. The minimum Gasteiger partial charge on any atom is -0.453 e. The lowest BCUT2D eigenvalue weighted by molar-refractivity contribution is -0.409. The molecule has 0 radical (unpaired) electrons. The van der Waals surface area contributed by atoms with Crippen molar-refractivity contribution in [3.8, 4) is 0 Å². The van der Waals surface area contributed by atoms with Gasteiger partial charge in [0.2, 0.25) is 5.79 Å². The summed E-state index contributed by atoms with van der Waals surface area (Å²) in [7, 11) is 4.20. The van der Waals surface area contributed by atoms with Gasteiger partial charge in [0.15, 0.2) is 11.9 Å². The smallest absolute Gasteiger partial charge is 0.303 e. The van der Waals surface area contributed by atoms with E-state index in [0.717, 1.165) is 32.2 Å². The first-order chi connectivity index (χ1) is 26.7. The summed E-state index contributed by atoms with van der Waals surface area (Å²) in [4.78, 5) is 29.3. The summed E-state index contributed by atoms with van der Waals surface area (Å²) in [5.74, 6) is -3.75. The van der Waals surface area contributed by atoms with E-state index < -0.39 is 58.9 Å². The number of aliphatic hydroxyl groups excluding tert-OH is 1. The largest absolute Gasteiger partial charge is 0.453 e. The van der Waals surface area contributed by atoms with E-state index in [2.05, 4.69) is 46.7 Å². The van der Waals surface area contributed by atoms with E-state index in [1.54, 1.807) is 0 Å². The average molecular weight is 806 g/mol. The third kappa shape index (κ3) is 9.41. The Morgan fingerprint density at radius 2 is 1.63 bits per heavy atom. The highest BCUT2D eigenvalue weighted by molar-refractivity contribution is 5.84. The molecule has 0 amide bonds. The quantitative estimate of drug-likeness (QED) is 0.136. The van der Waals surface area contributed by atoms with Gasteiger partial charge in [0.1, 0.15) is 5.78 Å². The molecule has 2 spiro atoms. The number of nitrogens with zero attached hydrogens (tertiary/aromatic N) is 1. The topological polar surface area (TPSA) is 133 Å². The summed E-state index contributed by atoms with van der Waals surface area (Å²) in [5.41, 5.74) is -1.66. The standard InChI is InChI=1S/C46H79NO10/c1-14-34(26-47(12)13)36-18-17-27(4)41(54-36)31(8)39(49)30(7)40(50)35(15-2)42-28(5)25-29(6)45(55-42)22-20-38(53-33(10)48)46(57-45)24-23-43(11,56-46)37-19-21-44(51,16-3)32(9)52-37/h20,22,27-32,34-39,41-42,49,51H,14-19,21,23-26H2,1-13H3/t27-,28-,29+,30-,31-,32-,34-,35-,36+,37+,38+,39+,41+,42-,43-,44+,45-,46-/m0/s1. The van der Waals surface area contributed by atoms with Crippen LogP contribution in [0.5, 0.6) is 0 Å². The predicted octanol–water partition coefficient (Wildman–Crippen LogP) is 7.24. The van der Waals surface area contributed by atoms with Crippen molar-refractivity contribution in [1.82, 2.24) is 4.90 Å². The second-order valence-corrected chi connectivity index (χ2v) is 19.6. The monoisotopic (exact) mass is 806 g/mol. The van der Waals surface area contributed by atoms with Gasteiger partial charge in [-0.2, -0.15) is 0 Å². The van der Waals surface area contributed by atoms with Crippen molar-refractivity contribution in [2.75, 3.05) is 20.6 Å². The van der Waals surface area contributed by atoms with E-state index in [9.17, 15) is 19.8 Å². The third-order valence-corrected chi connectivity index (χ3v) is 15.2. The molecule has 11 nitrogen and oxygen atoms in total. The van der Waals surface area contributed by atoms with Crippen LogP contribution in [0.4, 0.5) is 0 Å². The minimum atomic E-state index is -1.35. The summed E-state index contributed by atoms with van der Waals surface area (Å²) >= 11 is 0. The number of carbonyl (C=O) groups excluding carboxylic acids is 2. The fourth-order valence-electron chi connectivity index (χ4n) is 11.2. The van der Waals surface area contributed by atoms with Crippen LogP contribution < -0.4 is 0 Å². The van der Waals surface area contributed by atoms with Gasteiger partial charge in [-0.25, -0.2) is 0 Å². The molecule has 0 aromatic rings. The second-order valence-electron chi connectivity index (χ2n) is 19.6. The van der Waals surface area contributed by atoms with Crippen LogP contribution in [0.15, 0.2) is 12.2 Å². The Hall–Kier alpha value is -1.44. The van der Waals surface area contributed by atoms with Gasteiger partial charge in [-0.3, -0.25) is 9.59 Å². The maximum absolute atomic E-state index is 14.6. The molecule has 328 valence electrons. The fourth-order valence-corrected chi connectivity index (χ4v) is 11.2. The number of esters is 1. The average Bonchev–Trinajstić information content (AvgIpc) is 3.51. The minimum absolute atomic E-state index is 0.00922. The lowest BCUT2D eigenvalue weighted by Gasteiger charge is -2.54. The van der Waals surface area contributed by atoms with Crippen LogP contribution in [0.3, 0.4) is 0 Å². The highest BCUT2D eigenvalue weighted by Gasteiger charge is 2.64. The lowest BCUT2D eigenvalue weighted by atomic mass is 9.72. The van der Waals surface area contributed by atoms with Gasteiger partial charge in [-0.05, 0) is 116 Å². The summed E-state index contributed by atoms with van der Waals surface area (Å²) < 4.78 is 40.4.